The molecule has 1 aliphatic heterocycles. The molecule has 1 atom stereocenters. The molecule has 1 aliphatic rings. The summed E-state index contributed by atoms with van der Waals surface area (Å²) in [5, 5.41) is 0. The number of pyridine rings is 1. The van der Waals surface area contributed by atoms with Gasteiger partial charge in [-0.1, -0.05) is 0 Å². The highest BCUT2D eigenvalue weighted by Gasteiger charge is 2.32. The Bertz CT molecular complexity index is 814. The zero-order valence-corrected chi connectivity index (χ0v) is 15.1. The lowest BCUT2D eigenvalue weighted by molar-refractivity contribution is 0.125. The van der Waals surface area contributed by atoms with E-state index in [1.54, 1.807) is 30.7 Å². The topological polar surface area (TPSA) is 88.5 Å². The zero-order valence-electron chi connectivity index (χ0n) is 14.2. The van der Waals surface area contributed by atoms with E-state index in [9.17, 15) is 8.42 Å². The predicted molar refractivity (Wildman–Crippen MR) is 93.0 cm³/mol. The maximum absolute atomic E-state index is 12.8. The second kappa shape index (κ2) is 7.32. The molecule has 25 heavy (non-hydrogen) atoms. The molecule has 8 nitrogen and oxygen atoms in total. The number of nitrogens with zero attached hydrogens (tertiary/aromatic N) is 5. The molecule has 1 saturated heterocycles. The van der Waals surface area contributed by atoms with Gasteiger partial charge in [0.2, 0.25) is 10.0 Å². The zero-order chi connectivity index (χ0) is 17.9. The Morgan fingerprint density at radius 3 is 2.76 bits per heavy atom. The molecule has 0 bridgehead atoms. The van der Waals surface area contributed by atoms with Gasteiger partial charge < -0.3 is 9.64 Å². The molecule has 1 fully saturated rings. The van der Waals surface area contributed by atoms with E-state index in [4.69, 9.17) is 4.74 Å². The Kier molecular flexibility index (Phi) is 5.14. The van der Waals surface area contributed by atoms with Gasteiger partial charge in [-0.05, 0) is 25.0 Å². The Morgan fingerprint density at radius 2 is 2.04 bits per heavy atom. The molecule has 3 heterocycles. The van der Waals surface area contributed by atoms with Gasteiger partial charge in [0.05, 0.1) is 6.54 Å². The van der Waals surface area contributed by atoms with E-state index in [2.05, 4.69) is 15.0 Å². The molecule has 0 saturated carbocycles. The van der Waals surface area contributed by atoms with Crippen molar-refractivity contribution in [2.75, 3.05) is 32.1 Å². The third-order valence-corrected chi connectivity index (χ3v) is 5.81. The number of ether oxygens (including phenoxy) is 1. The van der Waals surface area contributed by atoms with Gasteiger partial charge in [-0.25, -0.2) is 18.4 Å². The third kappa shape index (κ3) is 3.88. The summed E-state index contributed by atoms with van der Waals surface area (Å²) in [6.45, 7) is 0.749. The Labute approximate surface area is 147 Å². The highest BCUT2D eigenvalue weighted by atomic mass is 32.2. The van der Waals surface area contributed by atoms with E-state index >= 15 is 0 Å². The molecule has 3 rings (SSSR count). The lowest BCUT2D eigenvalue weighted by atomic mass is 10.1. The largest absolute Gasteiger partial charge is 0.470 e. The highest BCUT2D eigenvalue weighted by Crippen LogP contribution is 2.26. The van der Waals surface area contributed by atoms with E-state index in [1.807, 2.05) is 19.0 Å². The Balaban J connectivity index is 1.76. The van der Waals surface area contributed by atoms with E-state index in [0.717, 1.165) is 12.8 Å². The number of hydrogen-bond donors (Lipinski definition) is 0. The minimum Gasteiger partial charge on any atom is -0.470 e. The second-order valence-electron chi connectivity index (χ2n) is 6.01. The number of anilines is 1. The number of piperidine rings is 1. The van der Waals surface area contributed by atoms with Crippen LogP contribution in [0.15, 0.2) is 41.8 Å². The van der Waals surface area contributed by atoms with E-state index in [1.165, 1.54) is 10.5 Å². The first kappa shape index (κ1) is 17.6. The minimum atomic E-state index is -3.57. The first-order chi connectivity index (χ1) is 12.0. The van der Waals surface area contributed by atoms with E-state index in [0.29, 0.717) is 18.2 Å². The summed E-state index contributed by atoms with van der Waals surface area (Å²) in [4.78, 5) is 14.4. The van der Waals surface area contributed by atoms with Crippen LogP contribution in [-0.2, 0) is 10.0 Å². The molecule has 9 heteroatoms. The first-order valence-corrected chi connectivity index (χ1v) is 9.47. The van der Waals surface area contributed by atoms with Crippen LogP contribution in [0, 0.1) is 0 Å². The minimum absolute atomic E-state index is 0.198. The van der Waals surface area contributed by atoms with Crippen LogP contribution in [0.5, 0.6) is 5.88 Å². The van der Waals surface area contributed by atoms with Crippen molar-refractivity contribution in [1.29, 1.82) is 0 Å². The maximum Gasteiger partial charge on any atom is 0.257 e. The standard InChI is InChI=1S/C16H21N5O3S/c1-20(2)15-16(19-9-8-18-15)24-13-5-4-10-21(12-13)25(22,23)14-6-3-7-17-11-14/h3,6-9,11,13H,4-5,10,12H2,1-2H3/t13-/m0/s1. The summed E-state index contributed by atoms with van der Waals surface area (Å²) in [5.74, 6) is 1.04. The van der Waals surface area contributed by atoms with Gasteiger partial charge in [0.15, 0.2) is 5.82 Å². The average molecular weight is 363 g/mol. The maximum atomic E-state index is 12.8. The molecule has 2 aromatic rings. The fraction of sp³-hybridized carbons (Fsp3) is 0.438. The summed E-state index contributed by atoms with van der Waals surface area (Å²) in [6, 6.07) is 3.17. The molecule has 0 unspecified atom stereocenters. The molecule has 0 radical (unpaired) electrons. The van der Waals surface area contributed by atoms with Crippen LogP contribution in [-0.4, -0.2) is 61.0 Å². The quantitative estimate of drug-likeness (QED) is 0.788. The molecule has 0 N–H and O–H groups in total. The van der Waals surface area contributed by atoms with E-state index < -0.39 is 10.0 Å². The van der Waals surface area contributed by atoms with Crippen molar-refractivity contribution in [1.82, 2.24) is 19.3 Å². The van der Waals surface area contributed by atoms with Crippen molar-refractivity contribution in [3.63, 3.8) is 0 Å². The van der Waals surface area contributed by atoms with E-state index in [-0.39, 0.29) is 17.5 Å². The summed E-state index contributed by atoms with van der Waals surface area (Å²) in [6.07, 6.45) is 7.31. The average Bonchev–Trinajstić information content (AvgIpc) is 2.63. The summed E-state index contributed by atoms with van der Waals surface area (Å²) in [7, 11) is 0.147. The molecule has 0 aliphatic carbocycles. The SMILES string of the molecule is CN(C)c1nccnc1O[C@H]1CCCN(S(=O)(=O)c2cccnc2)C1. The fourth-order valence-electron chi connectivity index (χ4n) is 2.73. The summed E-state index contributed by atoms with van der Waals surface area (Å²) in [5.41, 5.74) is 0. The van der Waals surface area contributed by atoms with Gasteiger partial charge >= 0.3 is 0 Å². The first-order valence-electron chi connectivity index (χ1n) is 8.03. The van der Waals surface area contributed by atoms with Crippen LogP contribution < -0.4 is 9.64 Å². The van der Waals surface area contributed by atoms with Gasteiger partial charge in [0.25, 0.3) is 5.88 Å². The molecule has 0 spiro atoms. The van der Waals surface area contributed by atoms with Crippen LogP contribution in [0.25, 0.3) is 0 Å². The monoisotopic (exact) mass is 363 g/mol. The van der Waals surface area contributed by atoms with Crippen molar-refractivity contribution in [2.45, 2.75) is 23.8 Å². The Hall–Kier alpha value is -2.26. The molecule has 0 aromatic carbocycles. The predicted octanol–water partition coefficient (Wildman–Crippen LogP) is 1.17. The highest BCUT2D eigenvalue weighted by molar-refractivity contribution is 7.89. The molecule has 2 aromatic heterocycles. The van der Waals surface area contributed by atoms with Crippen molar-refractivity contribution < 1.29 is 13.2 Å². The number of aromatic nitrogens is 3. The van der Waals surface area contributed by atoms with Gasteiger partial charge in [-0.3, -0.25) is 4.98 Å². The van der Waals surface area contributed by atoms with Crippen LogP contribution in [0.1, 0.15) is 12.8 Å². The van der Waals surface area contributed by atoms with Crippen LogP contribution in [0.2, 0.25) is 0 Å². The lowest BCUT2D eigenvalue weighted by Crippen LogP contribution is -2.44. The molecular formula is C16H21N5O3S. The number of rotatable bonds is 5. The normalized spacial score (nSPS) is 18.7. The van der Waals surface area contributed by atoms with Crippen molar-refractivity contribution in [3.05, 3.63) is 36.9 Å². The molecular weight excluding hydrogens is 342 g/mol. The van der Waals surface area contributed by atoms with Crippen LogP contribution in [0.3, 0.4) is 0 Å². The fourth-order valence-corrected chi connectivity index (χ4v) is 4.21. The number of hydrogen-bond acceptors (Lipinski definition) is 7. The van der Waals surface area contributed by atoms with Gasteiger partial charge in [0, 0.05) is 45.4 Å². The van der Waals surface area contributed by atoms with Crippen molar-refractivity contribution in [3.8, 4) is 5.88 Å². The van der Waals surface area contributed by atoms with Crippen LogP contribution in [0.4, 0.5) is 5.82 Å². The summed E-state index contributed by atoms with van der Waals surface area (Å²) < 4.78 is 32.9. The van der Waals surface area contributed by atoms with Gasteiger partial charge in [-0.15, -0.1) is 0 Å². The smallest absolute Gasteiger partial charge is 0.257 e. The Morgan fingerprint density at radius 1 is 1.24 bits per heavy atom. The molecule has 134 valence electrons. The number of sulfonamides is 1. The van der Waals surface area contributed by atoms with Gasteiger partial charge in [0.1, 0.15) is 11.0 Å². The van der Waals surface area contributed by atoms with Crippen molar-refractivity contribution in [2.24, 2.45) is 0 Å². The third-order valence-electron chi connectivity index (χ3n) is 3.96. The van der Waals surface area contributed by atoms with Crippen molar-refractivity contribution >= 4 is 15.8 Å². The summed E-state index contributed by atoms with van der Waals surface area (Å²) >= 11 is 0. The molecule has 0 amide bonds. The van der Waals surface area contributed by atoms with Crippen LogP contribution >= 0.6 is 0 Å². The lowest BCUT2D eigenvalue weighted by Gasteiger charge is -2.32. The van der Waals surface area contributed by atoms with Gasteiger partial charge in [-0.2, -0.15) is 4.31 Å². The second-order valence-corrected chi connectivity index (χ2v) is 7.95.